The SMILES string of the molecule is C#CCOc1ccc(/C=C/c2nc3ccccc3[nH]2)cc1C. The van der Waals surface area contributed by atoms with E-state index in [9.17, 15) is 0 Å². The first-order valence-corrected chi connectivity index (χ1v) is 7.06. The molecule has 3 rings (SSSR count). The van der Waals surface area contributed by atoms with Crippen molar-refractivity contribution in [2.45, 2.75) is 6.92 Å². The molecule has 22 heavy (non-hydrogen) atoms. The second-order valence-electron chi connectivity index (χ2n) is 4.99. The van der Waals surface area contributed by atoms with Gasteiger partial charge >= 0.3 is 0 Å². The lowest BCUT2D eigenvalue weighted by Gasteiger charge is -2.06. The number of fused-ring (bicyclic) bond motifs is 1. The molecule has 0 saturated heterocycles. The molecule has 1 aromatic heterocycles. The van der Waals surface area contributed by atoms with Crippen LogP contribution in [0.2, 0.25) is 0 Å². The Hall–Kier alpha value is -2.99. The van der Waals surface area contributed by atoms with Gasteiger partial charge in [0.25, 0.3) is 0 Å². The fourth-order valence-corrected chi connectivity index (χ4v) is 2.28. The molecule has 1 heterocycles. The van der Waals surface area contributed by atoms with E-state index in [0.717, 1.165) is 33.7 Å². The standard InChI is InChI=1S/C19H16N2O/c1-3-12-22-18-10-8-15(13-14(18)2)9-11-19-20-16-6-4-5-7-17(16)21-19/h1,4-11,13H,12H2,2H3,(H,20,21)/b11-9+. The highest BCUT2D eigenvalue weighted by molar-refractivity contribution is 5.78. The molecule has 0 bridgehead atoms. The Morgan fingerprint density at radius 2 is 2.09 bits per heavy atom. The van der Waals surface area contributed by atoms with Crippen molar-refractivity contribution in [3.05, 3.63) is 59.4 Å². The maximum atomic E-state index is 5.46. The summed E-state index contributed by atoms with van der Waals surface area (Å²) >= 11 is 0. The summed E-state index contributed by atoms with van der Waals surface area (Å²) in [5.74, 6) is 4.13. The Balaban J connectivity index is 1.80. The molecule has 1 N–H and O–H groups in total. The third kappa shape index (κ3) is 3.02. The van der Waals surface area contributed by atoms with Gasteiger partial charge in [-0.3, -0.25) is 0 Å². The van der Waals surface area contributed by atoms with E-state index in [2.05, 4.69) is 22.0 Å². The summed E-state index contributed by atoms with van der Waals surface area (Å²) in [7, 11) is 0. The third-order valence-corrected chi connectivity index (χ3v) is 3.35. The van der Waals surface area contributed by atoms with E-state index < -0.39 is 0 Å². The molecule has 0 radical (unpaired) electrons. The van der Waals surface area contributed by atoms with Crippen LogP contribution in [0.15, 0.2) is 42.5 Å². The second kappa shape index (κ2) is 6.19. The smallest absolute Gasteiger partial charge is 0.148 e. The molecule has 3 aromatic rings. The maximum absolute atomic E-state index is 5.46. The van der Waals surface area contributed by atoms with Crippen LogP contribution in [0.25, 0.3) is 23.2 Å². The van der Waals surface area contributed by atoms with Gasteiger partial charge in [0.15, 0.2) is 0 Å². The van der Waals surface area contributed by atoms with Gasteiger partial charge in [-0.05, 0) is 48.4 Å². The zero-order valence-corrected chi connectivity index (χ0v) is 12.3. The number of nitrogens with one attached hydrogen (secondary N) is 1. The summed E-state index contributed by atoms with van der Waals surface area (Å²) in [4.78, 5) is 7.79. The van der Waals surface area contributed by atoms with Crippen molar-refractivity contribution >= 4 is 23.2 Å². The van der Waals surface area contributed by atoms with Gasteiger partial charge < -0.3 is 9.72 Å². The summed E-state index contributed by atoms with van der Waals surface area (Å²) in [6.07, 6.45) is 9.20. The van der Waals surface area contributed by atoms with Crippen LogP contribution < -0.4 is 4.74 Å². The molecule has 0 aliphatic heterocycles. The first kappa shape index (κ1) is 14.0. The Bertz CT molecular complexity index is 836. The van der Waals surface area contributed by atoms with E-state index in [0.29, 0.717) is 0 Å². The van der Waals surface area contributed by atoms with Gasteiger partial charge in [0.1, 0.15) is 18.2 Å². The summed E-state index contributed by atoms with van der Waals surface area (Å²) in [5, 5.41) is 0. The highest BCUT2D eigenvalue weighted by atomic mass is 16.5. The van der Waals surface area contributed by atoms with Crippen LogP contribution in [0.1, 0.15) is 17.0 Å². The van der Waals surface area contributed by atoms with Crippen LogP contribution in [0.5, 0.6) is 5.75 Å². The van der Waals surface area contributed by atoms with Crippen LogP contribution in [-0.4, -0.2) is 16.6 Å². The summed E-state index contributed by atoms with van der Waals surface area (Å²) in [6, 6.07) is 14.0. The number of imidazole rings is 1. The van der Waals surface area contributed by atoms with E-state index in [1.807, 2.05) is 55.5 Å². The summed E-state index contributed by atoms with van der Waals surface area (Å²) in [5.41, 5.74) is 4.15. The number of terminal acetylenes is 1. The van der Waals surface area contributed by atoms with Crippen molar-refractivity contribution in [2.24, 2.45) is 0 Å². The van der Waals surface area contributed by atoms with Gasteiger partial charge in [0.05, 0.1) is 11.0 Å². The van der Waals surface area contributed by atoms with Crippen molar-refractivity contribution < 1.29 is 4.74 Å². The van der Waals surface area contributed by atoms with Crippen LogP contribution >= 0.6 is 0 Å². The van der Waals surface area contributed by atoms with Crippen molar-refractivity contribution in [1.29, 1.82) is 0 Å². The number of para-hydroxylation sites is 2. The average Bonchev–Trinajstić information content (AvgIpc) is 2.95. The van der Waals surface area contributed by atoms with E-state index in [-0.39, 0.29) is 6.61 Å². The minimum absolute atomic E-state index is 0.287. The first-order chi connectivity index (χ1) is 10.8. The lowest BCUT2D eigenvalue weighted by molar-refractivity contribution is 0.368. The van der Waals surface area contributed by atoms with Crippen LogP contribution in [0, 0.1) is 19.3 Å². The molecule has 0 atom stereocenters. The second-order valence-corrected chi connectivity index (χ2v) is 4.99. The van der Waals surface area contributed by atoms with Gasteiger partial charge in [-0.25, -0.2) is 4.98 Å². The number of aromatic nitrogens is 2. The molecular formula is C19H16N2O. The zero-order valence-electron chi connectivity index (χ0n) is 12.3. The van der Waals surface area contributed by atoms with Gasteiger partial charge in [0, 0.05) is 0 Å². The molecule has 0 unspecified atom stereocenters. The number of rotatable bonds is 4. The minimum atomic E-state index is 0.287. The van der Waals surface area contributed by atoms with E-state index in [1.54, 1.807) is 0 Å². The number of ether oxygens (including phenoxy) is 1. The number of nitrogens with zero attached hydrogens (tertiary/aromatic N) is 1. The van der Waals surface area contributed by atoms with Gasteiger partial charge in [-0.15, -0.1) is 6.42 Å². The minimum Gasteiger partial charge on any atom is -0.481 e. The zero-order chi connectivity index (χ0) is 15.4. The molecule has 0 amide bonds. The van der Waals surface area contributed by atoms with Crippen LogP contribution in [0.3, 0.4) is 0 Å². The molecule has 0 aliphatic carbocycles. The number of benzene rings is 2. The van der Waals surface area contributed by atoms with Crippen molar-refractivity contribution in [3.63, 3.8) is 0 Å². The van der Waals surface area contributed by atoms with E-state index in [1.165, 1.54) is 0 Å². The van der Waals surface area contributed by atoms with Gasteiger partial charge in [-0.1, -0.05) is 30.2 Å². The van der Waals surface area contributed by atoms with Crippen molar-refractivity contribution in [1.82, 2.24) is 9.97 Å². The molecule has 0 saturated carbocycles. The molecule has 0 fully saturated rings. The average molecular weight is 288 g/mol. The topological polar surface area (TPSA) is 37.9 Å². The quantitative estimate of drug-likeness (QED) is 0.735. The predicted molar refractivity (Wildman–Crippen MR) is 90.5 cm³/mol. The maximum Gasteiger partial charge on any atom is 0.148 e. The number of aryl methyl sites for hydroxylation is 1. The van der Waals surface area contributed by atoms with E-state index in [4.69, 9.17) is 11.2 Å². The fourth-order valence-electron chi connectivity index (χ4n) is 2.28. The van der Waals surface area contributed by atoms with Crippen molar-refractivity contribution in [3.8, 4) is 18.1 Å². The number of H-pyrrole nitrogens is 1. The molecule has 0 spiro atoms. The monoisotopic (exact) mass is 288 g/mol. The predicted octanol–water partition coefficient (Wildman–Crippen LogP) is 4.05. The lowest BCUT2D eigenvalue weighted by Crippen LogP contribution is -1.95. The Labute approximate surface area is 129 Å². The summed E-state index contributed by atoms with van der Waals surface area (Å²) in [6.45, 7) is 2.29. The highest BCUT2D eigenvalue weighted by Gasteiger charge is 2.00. The van der Waals surface area contributed by atoms with Gasteiger partial charge in [0.2, 0.25) is 0 Å². The third-order valence-electron chi connectivity index (χ3n) is 3.35. The molecule has 3 heteroatoms. The molecular weight excluding hydrogens is 272 g/mol. The van der Waals surface area contributed by atoms with Crippen LogP contribution in [0.4, 0.5) is 0 Å². The number of hydrogen-bond donors (Lipinski definition) is 1. The molecule has 0 aliphatic rings. The Kier molecular flexibility index (Phi) is 3.93. The Morgan fingerprint density at radius 3 is 2.86 bits per heavy atom. The molecule has 108 valence electrons. The van der Waals surface area contributed by atoms with Crippen molar-refractivity contribution in [2.75, 3.05) is 6.61 Å². The normalized spacial score (nSPS) is 10.9. The highest BCUT2D eigenvalue weighted by Crippen LogP contribution is 2.20. The lowest BCUT2D eigenvalue weighted by atomic mass is 10.1. The Morgan fingerprint density at radius 1 is 1.23 bits per heavy atom. The molecule has 2 aromatic carbocycles. The van der Waals surface area contributed by atoms with E-state index >= 15 is 0 Å². The summed E-state index contributed by atoms with van der Waals surface area (Å²) < 4.78 is 5.46. The molecule has 3 nitrogen and oxygen atoms in total. The number of hydrogen-bond acceptors (Lipinski definition) is 2. The van der Waals surface area contributed by atoms with Crippen LogP contribution in [-0.2, 0) is 0 Å². The fraction of sp³-hybridized carbons (Fsp3) is 0.105. The van der Waals surface area contributed by atoms with Gasteiger partial charge in [-0.2, -0.15) is 0 Å². The number of aromatic amines is 1. The largest absolute Gasteiger partial charge is 0.481 e. The first-order valence-electron chi connectivity index (χ1n) is 7.06.